The van der Waals surface area contributed by atoms with Crippen molar-refractivity contribution in [2.24, 2.45) is 22.1 Å². The van der Waals surface area contributed by atoms with Crippen molar-refractivity contribution in [1.82, 2.24) is 10.4 Å². The van der Waals surface area contributed by atoms with Crippen molar-refractivity contribution in [3.05, 3.63) is 70.8 Å². The van der Waals surface area contributed by atoms with Crippen molar-refractivity contribution >= 4 is 17.5 Å². The van der Waals surface area contributed by atoms with Gasteiger partial charge in [-0.25, -0.2) is 8.78 Å². The third-order valence-electron chi connectivity index (χ3n) is 8.71. The molecule has 3 rings (SSSR count). The fourth-order valence-electron chi connectivity index (χ4n) is 5.75. The molecule has 2 aromatic carbocycles. The highest BCUT2D eigenvalue weighted by Crippen LogP contribution is 2.39. The number of rotatable bonds is 16. The first kappa shape index (κ1) is 34.3. The molecule has 1 heterocycles. The number of unbranched alkanes of at least 4 members (excludes halogenated alkanes) is 1. The minimum atomic E-state index is -0.641. The summed E-state index contributed by atoms with van der Waals surface area (Å²) < 4.78 is 28.3. The van der Waals surface area contributed by atoms with Crippen LogP contribution in [0.25, 0.3) is 0 Å². The molecule has 43 heavy (non-hydrogen) atoms. The van der Waals surface area contributed by atoms with Gasteiger partial charge in [0.1, 0.15) is 30.2 Å². The van der Waals surface area contributed by atoms with E-state index in [-0.39, 0.29) is 42.5 Å². The molecule has 2 aromatic rings. The average Bonchev–Trinajstić information content (AvgIpc) is 2.98. The predicted molar refractivity (Wildman–Crippen MR) is 169 cm³/mol. The monoisotopic (exact) mass is 597 g/mol. The summed E-state index contributed by atoms with van der Waals surface area (Å²) in [6, 6.07) is 10.8. The number of aliphatic imine (C=N–C) groups is 1. The number of nitrogens with one attached hydrogen (secondary N) is 2. The zero-order valence-corrected chi connectivity index (χ0v) is 26.4. The fourth-order valence-corrected chi connectivity index (χ4v) is 5.75. The number of amidine groups is 1. The van der Waals surface area contributed by atoms with Crippen molar-refractivity contribution in [1.29, 1.82) is 5.41 Å². The summed E-state index contributed by atoms with van der Waals surface area (Å²) in [5.41, 5.74) is 7.96. The largest absolute Gasteiger partial charge is 0.386 e. The number of amides is 1. The lowest BCUT2D eigenvalue weighted by Crippen LogP contribution is -2.44. The average molecular weight is 598 g/mol. The first-order valence-corrected chi connectivity index (χ1v) is 15.6. The molecule has 236 valence electrons. The zero-order chi connectivity index (χ0) is 31.6. The van der Waals surface area contributed by atoms with Crippen LogP contribution in [0.2, 0.25) is 0 Å². The Labute approximate surface area is 255 Å². The van der Waals surface area contributed by atoms with E-state index in [9.17, 15) is 13.6 Å². The Morgan fingerprint density at radius 1 is 1.09 bits per heavy atom. The second-order valence-corrected chi connectivity index (χ2v) is 12.2. The number of halogens is 2. The maximum absolute atomic E-state index is 14.1. The minimum absolute atomic E-state index is 0.00752. The number of carbonyl (C=O) groups is 1. The number of benzene rings is 2. The Hall–Kier alpha value is -3.17. The van der Waals surface area contributed by atoms with Gasteiger partial charge in [0, 0.05) is 17.2 Å². The molecular weight excluding hydrogens is 548 g/mol. The van der Waals surface area contributed by atoms with Crippen LogP contribution in [0.15, 0.2) is 47.5 Å². The summed E-state index contributed by atoms with van der Waals surface area (Å²) in [7, 11) is 0. The van der Waals surface area contributed by atoms with Gasteiger partial charge in [-0.05, 0) is 60.4 Å². The molecule has 0 radical (unpaired) electrons. The Balaban J connectivity index is 1.96. The second-order valence-electron chi connectivity index (χ2n) is 12.2. The molecule has 1 amide bonds. The molecule has 0 fully saturated rings. The number of nitrogens with two attached hydrogens (primary N) is 1. The van der Waals surface area contributed by atoms with Gasteiger partial charge in [-0.15, -0.1) is 0 Å². The van der Waals surface area contributed by atoms with Gasteiger partial charge in [0.2, 0.25) is 0 Å². The summed E-state index contributed by atoms with van der Waals surface area (Å²) in [6.07, 6.45) is 7.42. The summed E-state index contributed by atoms with van der Waals surface area (Å²) >= 11 is 0. The number of hydrogen-bond acceptors (Lipinski definition) is 5. The standard InChI is InChI=1S/C34H49F2N5O2/c1-6-9-11-30(23-12-14-24(15-13-23)33(42)39-21-31(37)38)41-32(17-16-26(10-7-2)34(4,5)8-3)40-29(22-43-41)25-18-27(35)20-28(36)19-25/h12-15,18-20,26,30,32H,6-11,16-17,21-22H2,1-5H3,(H3,37,38)(H,39,42). The number of nitrogens with zero attached hydrogens (tertiary/aromatic N) is 2. The summed E-state index contributed by atoms with van der Waals surface area (Å²) in [4.78, 5) is 24.0. The van der Waals surface area contributed by atoms with E-state index in [1.54, 1.807) is 12.1 Å². The molecule has 3 atom stereocenters. The van der Waals surface area contributed by atoms with Crippen molar-refractivity contribution < 1.29 is 18.4 Å². The Bertz CT molecular complexity index is 1230. The van der Waals surface area contributed by atoms with Gasteiger partial charge >= 0.3 is 0 Å². The first-order chi connectivity index (χ1) is 20.5. The lowest BCUT2D eigenvalue weighted by atomic mass is 9.72. The smallest absolute Gasteiger partial charge is 0.251 e. The van der Waals surface area contributed by atoms with E-state index in [1.165, 1.54) is 12.1 Å². The van der Waals surface area contributed by atoms with E-state index in [1.807, 2.05) is 17.2 Å². The Morgan fingerprint density at radius 2 is 1.77 bits per heavy atom. The van der Waals surface area contributed by atoms with Crippen molar-refractivity contribution in [2.75, 3.05) is 13.2 Å². The lowest BCUT2D eigenvalue weighted by molar-refractivity contribution is -0.212. The molecule has 3 unspecified atom stereocenters. The molecule has 0 bridgehead atoms. The third-order valence-corrected chi connectivity index (χ3v) is 8.71. The maximum atomic E-state index is 14.1. The van der Waals surface area contributed by atoms with Gasteiger partial charge in [-0.2, -0.15) is 5.06 Å². The zero-order valence-electron chi connectivity index (χ0n) is 26.4. The van der Waals surface area contributed by atoms with E-state index in [0.717, 1.165) is 63.0 Å². The highest BCUT2D eigenvalue weighted by Gasteiger charge is 2.35. The van der Waals surface area contributed by atoms with Gasteiger partial charge in [0.15, 0.2) is 0 Å². The Kier molecular flexibility index (Phi) is 12.8. The molecule has 1 aliphatic rings. The van der Waals surface area contributed by atoms with Crippen LogP contribution < -0.4 is 11.1 Å². The van der Waals surface area contributed by atoms with Gasteiger partial charge in [0.25, 0.3) is 5.91 Å². The van der Waals surface area contributed by atoms with Crippen LogP contribution in [-0.2, 0) is 4.84 Å². The van der Waals surface area contributed by atoms with Crippen LogP contribution in [0.4, 0.5) is 8.78 Å². The highest BCUT2D eigenvalue weighted by molar-refractivity contribution is 6.02. The maximum Gasteiger partial charge on any atom is 0.251 e. The van der Waals surface area contributed by atoms with Gasteiger partial charge < -0.3 is 11.1 Å². The first-order valence-electron chi connectivity index (χ1n) is 15.6. The van der Waals surface area contributed by atoms with E-state index in [2.05, 4.69) is 39.9 Å². The van der Waals surface area contributed by atoms with Gasteiger partial charge in [-0.3, -0.25) is 20.0 Å². The lowest BCUT2D eigenvalue weighted by Gasteiger charge is -2.40. The van der Waals surface area contributed by atoms with Crippen LogP contribution in [0.5, 0.6) is 0 Å². The minimum Gasteiger partial charge on any atom is -0.386 e. The van der Waals surface area contributed by atoms with Crippen molar-refractivity contribution in [3.8, 4) is 0 Å². The second kappa shape index (κ2) is 16.1. The van der Waals surface area contributed by atoms with Crippen LogP contribution >= 0.6 is 0 Å². The summed E-state index contributed by atoms with van der Waals surface area (Å²) in [6.45, 7) is 11.3. The summed E-state index contributed by atoms with van der Waals surface area (Å²) in [5.74, 6) is -1.19. The van der Waals surface area contributed by atoms with E-state index >= 15 is 0 Å². The van der Waals surface area contributed by atoms with Crippen molar-refractivity contribution in [3.63, 3.8) is 0 Å². The molecule has 9 heteroatoms. The third kappa shape index (κ3) is 9.66. The Morgan fingerprint density at radius 3 is 2.35 bits per heavy atom. The van der Waals surface area contributed by atoms with Crippen LogP contribution in [-0.4, -0.2) is 41.8 Å². The molecule has 4 N–H and O–H groups in total. The number of carbonyl (C=O) groups excluding carboxylic acids is 1. The van der Waals surface area contributed by atoms with E-state index in [4.69, 9.17) is 21.0 Å². The normalized spacial score (nSPS) is 17.3. The fraction of sp³-hybridized carbons (Fsp3) is 0.559. The summed E-state index contributed by atoms with van der Waals surface area (Å²) in [5, 5.41) is 12.0. The van der Waals surface area contributed by atoms with Crippen LogP contribution in [0.3, 0.4) is 0 Å². The molecule has 0 aliphatic carbocycles. The highest BCUT2D eigenvalue weighted by atomic mass is 19.1. The van der Waals surface area contributed by atoms with Crippen LogP contribution in [0, 0.1) is 28.4 Å². The molecule has 0 saturated heterocycles. The van der Waals surface area contributed by atoms with Crippen LogP contribution in [0.1, 0.15) is 114 Å². The quantitative estimate of drug-likeness (QED) is 0.137. The molecule has 0 aromatic heterocycles. The van der Waals surface area contributed by atoms with Gasteiger partial charge in [-0.1, -0.05) is 78.9 Å². The number of hydroxylamine groups is 2. The van der Waals surface area contributed by atoms with E-state index < -0.39 is 11.6 Å². The molecule has 0 saturated carbocycles. The van der Waals surface area contributed by atoms with Gasteiger partial charge in [0.05, 0.1) is 18.3 Å². The molecular formula is C34H49F2N5O2. The molecule has 0 spiro atoms. The molecule has 1 aliphatic heterocycles. The topological polar surface area (TPSA) is 104 Å². The SMILES string of the molecule is CCCCC(c1ccc(C(=O)NCC(=N)N)cc1)N1OCC(c2cc(F)cc(F)c2)=NC1CCC(CCC)C(C)(C)CC. The van der Waals surface area contributed by atoms with E-state index in [0.29, 0.717) is 22.8 Å². The predicted octanol–water partition coefficient (Wildman–Crippen LogP) is 7.56. The van der Waals surface area contributed by atoms with Crippen molar-refractivity contribution in [2.45, 2.75) is 98.2 Å². The molecule has 7 nitrogen and oxygen atoms in total. The number of hydrogen-bond donors (Lipinski definition) is 3.